The molecule has 124 valence electrons. The van der Waals surface area contributed by atoms with Gasteiger partial charge < -0.3 is 10.0 Å². The molecule has 0 bridgehead atoms. The Morgan fingerprint density at radius 3 is 2.61 bits per heavy atom. The van der Waals surface area contributed by atoms with Gasteiger partial charge in [-0.2, -0.15) is 5.10 Å². The van der Waals surface area contributed by atoms with Crippen LogP contribution in [-0.4, -0.2) is 46.9 Å². The molecule has 0 radical (unpaired) electrons. The molecule has 2 aliphatic heterocycles. The van der Waals surface area contributed by atoms with Gasteiger partial charge in [-0.25, -0.2) is 0 Å². The fourth-order valence-corrected chi connectivity index (χ4v) is 3.50. The third-order valence-electron chi connectivity index (χ3n) is 4.78. The van der Waals surface area contributed by atoms with Crippen molar-refractivity contribution in [2.75, 3.05) is 18.1 Å². The first kappa shape index (κ1) is 16.3. The molecule has 3 rings (SSSR count). The molecule has 0 spiro atoms. The van der Waals surface area contributed by atoms with Crippen LogP contribution in [0.15, 0.2) is 29.4 Å². The molecule has 5 nitrogen and oxygen atoms in total. The summed E-state index contributed by atoms with van der Waals surface area (Å²) in [6, 6.07) is 7.73. The third-order valence-corrected chi connectivity index (χ3v) is 5.03. The first-order valence-electron chi connectivity index (χ1n) is 8.02. The molecule has 1 saturated heterocycles. The topological polar surface area (TPSA) is 56.1 Å². The highest BCUT2D eigenvalue weighted by Gasteiger charge is 2.37. The second-order valence-corrected chi connectivity index (χ2v) is 6.88. The van der Waals surface area contributed by atoms with Crippen molar-refractivity contribution >= 4 is 29.4 Å². The molecule has 2 aliphatic rings. The summed E-state index contributed by atoms with van der Waals surface area (Å²) < 4.78 is 0. The van der Waals surface area contributed by atoms with E-state index in [1.807, 2.05) is 35.5 Å². The number of hydrogen-bond donors (Lipinski definition) is 1. The van der Waals surface area contributed by atoms with E-state index in [-0.39, 0.29) is 11.9 Å². The summed E-state index contributed by atoms with van der Waals surface area (Å²) in [5.41, 5.74) is 0.257. The second kappa shape index (κ2) is 6.49. The summed E-state index contributed by atoms with van der Waals surface area (Å²) in [4.78, 5) is 13.2. The Morgan fingerprint density at radius 2 is 2.00 bits per heavy atom. The van der Waals surface area contributed by atoms with E-state index in [4.69, 9.17) is 11.6 Å². The van der Waals surface area contributed by atoms with Crippen LogP contribution < -0.4 is 5.01 Å². The number of hydrazone groups is 1. The van der Waals surface area contributed by atoms with Crippen LogP contribution in [0.1, 0.15) is 32.6 Å². The van der Waals surface area contributed by atoms with Gasteiger partial charge in [0.2, 0.25) is 5.91 Å². The maximum Gasteiger partial charge on any atom is 0.219 e. The molecular formula is C17H22ClN3O2. The van der Waals surface area contributed by atoms with Crippen LogP contribution in [0.5, 0.6) is 0 Å². The largest absolute Gasteiger partial charge is 0.390 e. The molecule has 1 unspecified atom stereocenters. The lowest BCUT2D eigenvalue weighted by Gasteiger charge is -2.40. The lowest BCUT2D eigenvalue weighted by molar-refractivity contribution is -0.133. The van der Waals surface area contributed by atoms with Gasteiger partial charge in [-0.3, -0.25) is 9.80 Å². The molecule has 1 fully saturated rings. The predicted molar refractivity (Wildman–Crippen MR) is 91.9 cm³/mol. The molecule has 0 aromatic heterocycles. The van der Waals surface area contributed by atoms with Crippen molar-refractivity contribution in [3.8, 4) is 0 Å². The van der Waals surface area contributed by atoms with Crippen molar-refractivity contribution in [3.63, 3.8) is 0 Å². The van der Waals surface area contributed by atoms with Gasteiger partial charge in [-0.1, -0.05) is 11.6 Å². The molecule has 1 amide bonds. The van der Waals surface area contributed by atoms with Crippen LogP contribution in [0, 0.1) is 0 Å². The summed E-state index contributed by atoms with van der Waals surface area (Å²) in [6.07, 6.45) is 4.62. The fraction of sp³-hybridized carbons (Fsp3) is 0.529. The van der Waals surface area contributed by atoms with E-state index >= 15 is 0 Å². The minimum Gasteiger partial charge on any atom is -0.390 e. The Bertz CT molecular complexity index is 594. The van der Waals surface area contributed by atoms with Gasteiger partial charge in [0.25, 0.3) is 0 Å². The molecule has 6 heteroatoms. The number of benzene rings is 1. The van der Waals surface area contributed by atoms with Crippen molar-refractivity contribution in [1.82, 2.24) is 4.90 Å². The van der Waals surface area contributed by atoms with Gasteiger partial charge in [-0.15, -0.1) is 0 Å². The maximum atomic E-state index is 11.4. The zero-order valence-corrected chi connectivity index (χ0v) is 14.0. The lowest BCUT2D eigenvalue weighted by Crippen LogP contribution is -2.48. The number of piperidine rings is 1. The molecule has 0 saturated carbocycles. The number of halogens is 1. The standard InChI is InChI=1S/C17H22ClN3O2/c1-13(22)20-10-7-17(23,8-11-20)12-16-6-9-19-21(16)15-4-2-14(18)3-5-15/h2-5,9,16,23H,6-8,10-12H2,1H3. The number of aliphatic hydroxyl groups is 1. The summed E-state index contributed by atoms with van der Waals surface area (Å²) >= 11 is 5.94. The van der Waals surface area contributed by atoms with Crippen LogP contribution >= 0.6 is 11.6 Å². The Hall–Kier alpha value is -1.59. The minimum absolute atomic E-state index is 0.0824. The van der Waals surface area contributed by atoms with E-state index in [0.29, 0.717) is 37.4 Å². The third kappa shape index (κ3) is 3.67. The van der Waals surface area contributed by atoms with Gasteiger partial charge in [-0.05, 0) is 43.5 Å². The number of anilines is 1. The van der Waals surface area contributed by atoms with E-state index in [1.54, 1.807) is 11.8 Å². The number of hydrogen-bond acceptors (Lipinski definition) is 4. The zero-order chi connectivity index (χ0) is 16.4. The van der Waals surface area contributed by atoms with Crippen molar-refractivity contribution in [2.45, 2.75) is 44.2 Å². The zero-order valence-electron chi connectivity index (χ0n) is 13.3. The average molecular weight is 336 g/mol. The number of rotatable bonds is 3. The van der Waals surface area contributed by atoms with Crippen LogP contribution in [0.25, 0.3) is 0 Å². The van der Waals surface area contributed by atoms with Crippen LogP contribution in [0.4, 0.5) is 5.69 Å². The summed E-state index contributed by atoms with van der Waals surface area (Å²) in [5, 5.41) is 18.0. The van der Waals surface area contributed by atoms with E-state index in [9.17, 15) is 9.90 Å². The average Bonchev–Trinajstić information content (AvgIpc) is 2.96. The van der Waals surface area contributed by atoms with E-state index in [2.05, 4.69) is 5.10 Å². The Labute approximate surface area is 141 Å². The summed E-state index contributed by atoms with van der Waals surface area (Å²) in [7, 11) is 0. The van der Waals surface area contributed by atoms with Crippen molar-refractivity contribution in [3.05, 3.63) is 29.3 Å². The van der Waals surface area contributed by atoms with Crippen LogP contribution in [0.3, 0.4) is 0 Å². The van der Waals surface area contributed by atoms with Gasteiger partial charge >= 0.3 is 0 Å². The van der Waals surface area contributed by atoms with Crippen molar-refractivity contribution < 1.29 is 9.90 Å². The highest BCUT2D eigenvalue weighted by atomic mass is 35.5. The Balaban J connectivity index is 1.65. The van der Waals surface area contributed by atoms with Crippen LogP contribution in [-0.2, 0) is 4.79 Å². The molecule has 1 N–H and O–H groups in total. The lowest BCUT2D eigenvalue weighted by atomic mass is 9.84. The Morgan fingerprint density at radius 1 is 1.35 bits per heavy atom. The van der Waals surface area contributed by atoms with Crippen molar-refractivity contribution in [1.29, 1.82) is 0 Å². The molecule has 0 aliphatic carbocycles. The normalized spacial score (nSPS) is 23.3. The summed E-state index contributed by atoms with van der Waals surface area (Å²) in [5.74, 6) is 0.0824. The second-order valence-electron chi connectivity index (χ2n) is 6.44. The van der Waals surface area contributed by atoms with Crippen LogP contribution in [0.2, 0.25) is 5.02 Å². The van der Waals surface area contributed by atoms with Gasteiger partial charge in [0.15, 0.2) is 0 Å². The van der Waals surface area contributed by atoms with Crippen molar-refractivity contribution in [2.24, 2.45) is 5.10 Å². The van der Waals surface area contributed by atoms with E-state index < -0.39 is 5.60 Å². The number of amides is 1. The predicted octanol–water partition coefficient (Wildman–Crippen LogP) is 2.67. The number of likely N-dealkylation sites (tertiary alicyclic amines) is 1. The molecule has 23 heavy (non-hydrogen) atoms. The number of nitrogens with zero attached hydrogens (tertiary/aromatic N) is 3. The highest BCUT2D eigenvalue weighted by Crippen LogP contribution is 2.33. The molecular weight excluding hydrogens is 314 g/mol. The molecule has 2 heterocycles. The number of carbonyl (C=O) groups is 1. The minimum atomic E-state index is -0.727. The quantitative estimate of drug-likeness (QED) is 0.924. The first-order valence-corrected chi connectivity index (χ1v) is 8.40. The first-order chi connectivity index (χ1) is 11.0. The highest BCUT2D eigenvalue weighted by molar-refractivity contribution is 6.30. The van der Waals surface area contributed by atoms with Gasteiger partial charge in [0.1, 0.15) is 0 Å². The monoisotopic (exact) mass is 335 g/mol. The van der Waals surface area contributed by atoms with Gasteiger partial charge in [0.05, 0.1) is 17.3 Å². The smallest absolute Gasteiger partial charge is 0.219 e. The molecule has 1 aromatic carbocycles. The fourth-order valence-electron chi connectivity index (χ4n) is 3.37. The number of carbonyl (C=O) groups excluding carboxylic acids is 1. The van der Waals surface area contributed by atoms with E-state index in [0.717, 1.165) is 12.1 Å². The molecule has 1 aromatic rings. The molecule has 1 atom stereocenters. The summed E-state index contributed by atoms with van der Waals surface area (Å²) in [6.45, 7) is 2.83. The maximum absolute atomic E-state index is 11.4. The Kier molecular flexibility index (Phi) is 4.60. The van der Waals surface area contributed by atoms with E-state index in [1.165, 1.54) is 0 Å². The SMILES string of the molecule is CC(=O)N1CCC(O)(CC2CC=NN2c2ccc(Cl)cc2)CC1. The van der Waals surface area contributed by atoms with Gasteiger partial charge in [0, 0.05) is 37.7 Å².